The standard InChI is InChI=1S/C14H28N2O2/c1-4-13(14(17)16(3)11-10-15-2)18-12-8-6-5-7-9-12/h12-13,15H,4-11H2,1-3H3. The molecular weight excluding hydrogens is 228 g/mol. The molecular formula is C14H28N2O2. The second kappa shape index (κ2) is 8.48. The molecule has 1 aliphatic carbocycles. The third-order valence-electron chi connectivity index (χ3n) is 3.63. The molecule has 1 fully saturated rings. The zero-order valence-corrected chi connectivity index (χ0v) is 12.1. The Labute approximate surface area is 111 Å². The van der Waals surface area contributed by atoms with E-state index in [1.165, 1.54) is 19.3 Å². The summed E-state index contributed by atoms with van der Waals surface area (Å²) >= 11 is 0. The summed E-state index contributed by atoms with van der Waals surface area (Å²) in [4.78, 5) is 14.0. The van der Waals surface area contributed by atoms with Crippen molar-refractivity contribution in [1.82, 2.24) is 10.2 Å². The maximum atomic E-state index is 12.2. The van der Waals surface area contributed by atoms with Gasteiger partial charge in [0, 0.05) is 20.1 Å². The van der Waals surface area contributed by atoms with Gasteiger partial charge < -0.3 is 15.0 Å². The van der Waals surface area contributed by atoms with Gasteiger partial charge in [-0.25, -0.2) is 0 Å². The van der Waals surface area contributed by atoms with Crippen LogP contribution >= 0.6 is 0 Å². The fourth-order valence-electron chi connectivity index (χ4n) is 2.40. The van der Waals surface area contributed by atoms with Crippen molar-refractivity contribution in [2.45, 2.75) is 57.7 Å². The molecule has 0 heterocycles. The van der Waals surface area contributed by atoms with E-state index in [0.29, 0.717) is 6.10 Å². The largest absolute Gasteiger partial charge is 0.365 e. The van der Waals surface area contributed by atoms with Gasteiger partial charge in [-0.2, -0.15) is 0 Å². The van der Waals surface area contributed by atoms with Gasteiger partial charge in [-0.1, -0.05) is 26.2 Å². The lowest BCUT2D eigenvalue weighted by atomic mass is 9.97. The molecule has 1 unspecified atom stereocenters. The summed E-state index contributed by atoms with van der Waals surface area (Å²) in [6.45, 7) is 3.58. The number of nitrogens with zero attached hydrogens (tertiary/aromatic N) is 1. The minimum absolute atomic E-state index is 0.123. The second-order valence-corrected chi connectivity index (χ2v) is 5.16. The van der Waals surface area contributed by atoms with Gasteiger partial charge in [-0.3, -0.25) is 4.79 Å². The zero-order valence-electron chi connectivity index (χ0n) is 12.1. The Morgan fingerprint density at radius 3 is 2.61 bits per heavy atom. The molecule has 1 amide bonds. The van der Waals surface area contributed by atoms with Crippen molar-refractivity contribution < 1.29 is 9.53 Å². The minimum atomic E-state index is -0.255. The molecule has 0 bridgehead atoms. The van der Waals surface area contributed by atoms with Gasteiger partial charge in [0.1, 0.15) is 6.10 Å². The summed E-state index contributed by atoms with van der Waals surface area (Å²) in [5.74, 6) is 0.123. The fraction of sp³-hybridized carbons (Fsp3) is 0.929. The average molecular weight is 256 g/mol. The summed E-state index contributed by atoms with van der Waals surface area (Å²) in [7, 11) is 3.75. The SMILES string of the molecule is CCC(OC1CCCCC1)C(=O)N(C)CCNC. The molecule has 1 rings (SSSR count). The van der Waals surface area contributed by atoms with Crippen LogP contribution in [0.3, 0.4) is 0 Å². The lowest BCUT2D eigenvalue weighted by molar-refractivity contribution is -0.147. The van der Waals surface area contributed by atoms with Crippen molar-refractivity contribution in [2.24, 2.45) is 0 Å². The molecule has 1 atom stereocenters. The van der Waals surface area contributed by atoms with E-state index in [0.717, 1.165) is 32.4 Å². The molecule has 106 valence electrons. The van der Waals surface area contributed by atoms with Gasteiger partial charge in [0.25, 0.3) is 5.91 Å². The number of nitrogens with one attached hydrogen (secondary N) is 1. The van der Waals surface area contributed by atoms with Crippen LogP contribution in [0.5, 0.6) is 0 Å². The molecule has 0 aliphatic heterocycles. The highest BCUT2D eigenvalue weighted by molar-refractivity contribution is 5.80. The smallest absolute Gasteiger partial charge is 0.251 e. The Morgan fingerprint density at radius 1 is 1.39 bits per heavy atom. The van der Waals surface area contributed by atoms with Gasteiger partial charge in [0.05, 0.1) is 6.10 Å². The number of hydrogen-bond acceptors (Lipinski definition) is 3. The first-order valence-corrected chi connectivity index (χ1v) is 7.24. The molecule has 4 heteroatoms. The van der Waals surface area contributed by atoms with Gasteiger partial charge in [0.2, 0.25) is 0 Å². The van der Waals surface area contributed by atoms with E-state index in [1.54, 1.807) is 4.90 Å². The maximum absolute atomic E-state index is 12.2. The normalized spacial score (nSPS) is 18.6. The van der Waals surface area contributed by atoms with E-state index in [-0.39, 0.29) is 12.0 Å². The predicted molar refractivity (Wildman–Crippen MR) is 73.6 cm³/mol. The lowest BCUT2D eigenvalue weighted by Gasteiger charge is -2.29. The molecule has 1 N–H and O–H groups in total. The van der Waals surface area contributed by atoms with Crippen molar-refractivity contribution in [3.63, 3.8) is 0 Å². The maximum Gasteiger partial charge on any atom is 0.251 e. The Hall–Kier alpha value is -0.610. The molecule has 0 radical (unpaired) electrons. The molecule has 0 aromatic heterocycles. The van der Waals surface area contributed by atoms with E-state index in [9.17, 15) is 4.79 Å². The Kier molecular flexibility index (Phi) is 7.28. The van der Waals surface area contributed by atoms with Crippen molar-refractivity contribution in [3.05, 3.63) is 0 Å². The summed E-state index contributed by atoms with van der Waals surface area (Å²) in [6, 6.07) is 0. The molecule has 1 aliphatic rings. The highest BCUT2D eigenvalue weighted by atomic mass is 16.5. The first-order chi connectivity index (χ1) is 8.69. The van der Waals surface area contributed by atoms with Crippen molar-refractivity contribution >= 4 is 5.91 Å². The van der Waals surface area contributed by atoms with E-state index >= 15 is 0 Å². The Balaban J connectivity index is 2.40. The summed E-state index contributed by atoms with van der Waals surface area (Å²) in [5, 5.41) is 3.06. The molecule has 18 heavy (non-hydrogen) atoms. The van der Waals surface area contributed by atoms with Crippen LogP contribution in [0, 0.1) is 0 Å². The highest BCUT2D eigenvalue weighted by Crippen LogP contribution is 2.22. The van der Waals surface area contributed by atoms with Gasteiger partial charge in [-0.15, -0.1) is 0 Å². The van der Waals surface area contributed by atoms with Crippen LogP contribution in [0.15, 0.2) is 0 Å². The van der Waals surface area contributed by atoms with Crippen LogP contribution in [0.1, 0.15) is 45.4 Å². The summed E-state index contributed by atoms with van der Waals surface area (Å²) in [6.07, 6.45) is 6.83. The van der Waals surface area contributed by atoms with Crippen LogP contribution in [-0.4, -0.2) is 50.2 Å². The van der Waals surface area contributed by atoms with Crippen LogP contribution in [-0.2, 0) is 9.53 Å². The number of ether oxygens (including phenoxy) is 1. The summed E-state index contributed by atoms with van der Waals surface area (Å²) < 4.78 is 5.99. The van der Waals surface area contributed by atoms with Gasteiger partial charge in [0.15, 0.2) is 0 Å². The molecule has 0 saturated heterocycles. The minimum Gasteiger partial charge on any atom is -0.365 e. The van der Waals surface area contributed by atoms with Crippen molar-refractivity contribution in [2.75, 3.05) is 27.2 Å². The van der Waals surface area contributed by atoms with Crippen molar-refractivity contribution in [1.29, 1.82) is 0 Å². The first-order valence-electron chi connectivity index (χ1n) is 7.24. The van der Waals surface area contributed by atoms with E-state index in [2.05, 4.69) is 5.32 Å². The lowest BCUT2D eigenvalue weighted by Crippen LogP contribution is -2.42. The number of amides is 1. The van der Waals surface area contributed by atoms with Gasteiger partial charge in [-0.05, 0) is 26.3 Å². The quantitative estimate of drug-likeness (QED) is 0.755. The number of likely N-dealkylation sites (N-methyl/N-ethyl adjacent to an activating group) is 2. The highest BCUT2D eigenvalue weighted by Gasteiger charge is 2.25. The molecule has 1 saturated carbocycles. The van der Waals surface area contributed by atoms with E-state index in [1.807, 2.05) is 21.0 Å². The Morgan fingerprint density at radius 2 is 2.06 bits per heavy atom. The van der Waals surface area contributed by atoms with Crippen LogP contribution in [0.4, 0.5) is 0 Å². The third kappa shape index (κ3) is 4.94. The van der Waals surface area contributed by atoms with Crippen LogP contribution < -0.4 is 5.32 Å². The number of carbonyl (C=O) groups excluding carboxylic acids is 1. The predicted octanol–water partition coefficient (Wildman–Crippen LogP) is 1.79. The topological polar surface area (TPSA) is 41.6 Å². The fourth-order valence-corrected chi connectivity index (χ4v) is 2.40. The number of hydrogen-bond donors (Lipinski definition) is 1. The van der Waals surface area contributed by atoms with Crippen LogP contribution in [0.25, 0.3) is 0 Å². The monoisotopic (exact) mass is 256 g/mol. The molecule has 0 aromatic rings. The van der Waals surface area contributed by atoms with Crippen LogP contribution in [0.2, 0.25) is 0 Å². The number of rotatable bonds is 7. The number of carbonyl (C=O) groups is 1. The van der Waals surface area contributed by atoms with Gasteiger partial charge >= 0.3 is 0 Å². The Bertz CT molecular complexity index is 240. The first kappa shape index (κ1) is 15.4. The molecule has 0 aromatic carbocycles. The second-order valence-electron chi connectivity index (χ2n) is 5.16. The third-order valence-corrected chi connectivity index (χ3v) is 3.63. The molecule has 4 nitrogen and oxygen atoms in total. The summed E-state index contributed by atoms with van der Waals surface area (Å²) in [5.41, 5.74) is 0. The average Bonchev–Trinajstić information content (AvgIpc) is 2.42. The zero-order chi connectivity index (χ0) is 13.4. The van der Waals surface area contributed by atoms with E-state index < -0.39 is 0 Å². The van der Waals surface area contributed by atoms with Crippen molar-refractivity contribution in [3.8, 4) is 0 Å². The van der Waals surface area contributed by atoms with E-state index in [4.69, 9.17) is 4.74 Å². The molecule has 0 spiro atoms.